The molecule has 0 saturated heterocycles. The standard InChI is InChI=1S/C16H18N2O3S/c1-8-5-9(2)7-12(6-8)13(16(20)21)18-15(19)14-10(3)17-11(4)22-14/h5-7,13H,1-4H3,(H,18,19)(H,20,21). The topological polar surface area (TPSA) is 79.3 Å². The van der Waals surface area contributed by atoms with Gasteiger partial charge in [-0.3, -0.25) is 4.79 Å². The van der Waals surface area contributed by atoms with Crippen LogP contribution in [0.2, 0.25) is 0 Å². The molecule has 0 aliphatic carbocycles. The lowest BCUT2D eigenvalue weighted by Gasteiger charge is -2.16. The number of carbonyl (C=O) groups excluding carboxylic acids is 1. The van der Waals surface area contributed by atoms with Crippen LogP contribution in [-0.4, -0.2) is 22.0 Å². The minimum absolute atomic E-state index is 0.408. The molecule has 1 amide bonds. The molecule has 1 heterocycles. The van der Waals surface area contributed by atoms with Crippen LogP contribution in [0.3, 0.4) is 0 Å². The summed E-state index contributed by atoms with van der Waals surface area (Å²) in [5.41, 5.74) is 3.10. The lowest BCUT2D eigenvalue weighted by atomic mass is 10.0. The fourth-order valence-corrected chi connectivity index (χ4v) is 3.23. The molecule has 22 heavy (non-hydrogen) atoms. The summed E-state index contributed by atoms with van der Waals surface area (Å²) in [5.74, 6) is -1.49. The highest BCUT2D eigenvalue weighted by atomic mass is 32.1. The fourth-order valence-electron chi connectivity index (χ4n) is 2.40. The zero-order valence-corrected chi connectivity index (χ0v) is 13.7. The highest BCUT2D eigenvalue weighted by Gasteiger charge is 2.25. The number of amides is 1. The van der Waals surface area contributed by atoms with Gasteiger partial charge in [0.15, 0.2) is 6.04 Å². The van der Waals surface area contributed by atoms with Crippen molar-refractivity contribution in [2.45, 2.75) is 33.7 Å². The van der Waals surface area contributed by atoms with E-state index in [9.17, 15) is 14.7 Å². The molecule has 0 fully saturated rings. The van der Waals surface area contributed by atoms with Crippen LogP contribution in [0.25, 0.3) is 0 Å². The maximum absolute atomic E-state index is 12.3. The number of hydrogen-bond donors (Lipinski definition) is 2. The Morgan fingerprint density at radius 2 is 1.73 bits per heavy atom. The third-order valence-corrected chi connectivity index (χ3v) is 4.28. The van der Waals surface area contributed by atoms with E-state index in [4.69, 9.17) is 0 Å². The monoisotopic (exact) mass is 318 g/mol. The smallest absolute Gasteiger partial charge is 0.330 e. The third-order valence-electron chi connectivity index (χ3n) is 3.21. The van der Waals surface area contributed by atoms with Crippen LogP contribution in [0.15, 0.2) is 18.2 Å². The zero-order chi connectivity index (χ0) is 16.4. The van der Waals surface area contributed by atoms with E-state index in [-0.39, 0.29) is 0 Å². The number of nitrogens with one attached hydrogen (secondary N) is 1. The Labute approximate surface area is 133 Å². The van der Waals surface area contributed by atoms with Crippen molar-refractivity contribution in [2.75, 3.05) is 0 Å². The number of nitrogens with zero attached hydrogens (tertiary/aromatic N) is 1. The molecule has 6 heteroatoms. The van der Waals surface area contributed by atoms with Gasteiger partial charge >= 0.3 is 5.97 Å². The molecule has 0 aliphatic heterocycles. The number of aryl methyl sites for hydroxylation is 4. The summed E-state index contributed by atoms with van der Waals surface area (Å²) in [6.07, 6.45) is 0. The van der Waals surface area contributed by atoms with Gasteiger partial charge < -0.3 is 10.4 Å². The highest BCUT2D eigenvalue weighted by Crippen LogP contribution is 2.21. The first-order valence-corrected chi connectivity index (χ1v) is 7.65. The summed E-state index contributed by atoms with van der Waals surface area (Å²) in [4.78, 5) is 28.5. The predicted molar refractivity (Wildman–Crippen MR) is 85.3 cm³/mol. The van der Waals surface area contributed by atoms with Crippen molar-refractivity contribution >= 4 is 23.2 Å². The van der Waals surface area contributed by atoms with Crippen LogP contribution in [-0.2, 0) is 4.79 Å². The van der Waals surface area contributed by atoms with Gasteiger partial charge in [-0.05, 0) is 33.3 Å². The SMILES string of the molecule is Cc1cc(C)cc(C(NC(=O)c2sc(C)nc2C)C(=O)O)c1. The molecule has 1 unspecified atom stereocenters. The van der Waals surface area contributed by atoms with E-state index in [0.717, 1.165) is 16.1 Å². The largest absolute Gasteiger partial charge is 0.479 e. The van der Waals surface area contributed by atoms with Crippen molar-refractivity contribution in [1.82, 2.24) is 10.3 Å². The van der Waals surface area contributed by atoms with E-state index >= 15 is 0 Å². The van der Waals surface area contributed by atoms with Crippen LogP contribution in [0.1, 0.15) is 43.1 Å². The van der Waals surface area contributed by atoms with Gasteiger partial charge in [0.05, 0.1) is 10.7 Å². The minimum atomic E-state index is -1.09. The molecule has 5 nitrogen and oxygen atoms in total. The molecule has 1 aromatic heterocycles. The summed E-state index contributed by atoms with van der Waals surface area (Å²) < 4.78 is 0. The van der Waals surface area contributed by atoms with Crippen molar-refractivity contribution in [2.24, 2.45) is 0 Å². The lowest BCUT2D eigenvalue weighted by molar-refractivity contribution is -0.139. The molecule has 116 valence electrons. The number of carbonyl (C=O) groups is 2. The van der Waals surface area contributed by atoms with Gasteiger partial charge in [0.2, 0.25) is 0 Å². The maximum Gasteiger partial charge on any atom is 0.330 e. The van der Waals surface area contributed by atoms with Crippen LogP contribution in [0.5, 0.6) is 0 Å². The van der Waals surface area contributed by atoms with Gasteiger partial charge in [-0.25, -0.2) is 9.78 Å². The molecule has 1 atom stereocenters. The molecule has 2 aromatic rings. The Bertz CT molecular complexity index is 717. The van der Waals surface area contributed by atoms with Crippen LogP contribution >= 0.6 is 11.3 Å². The number of carboxylic acids is 1. The molecule has 0 radical (unpaired) electrons. The predicted octanol–water partition coefficient (Wildman–Crippen LogP) is 2.93. The van der Waals surface area contributed by atoms with Crippen molar-refractivity contribution in [1.29, 1.82) is 0 Å². The summed E-state index contributed by atoms with van der Waals surface area (Å²) in [7, 11) is 0. The first-order chi connectivity index (χ1) is 10.3. The van der Waals surface area contributed by atoms with E-state index in [0.29, 0.717) is 16.1 Å². The number of benzene rings is 1. The van der Waals surface area contributed by atoms with Crippen molar-refractivity contribution < 1.29 is 14.7 Å². The lowest BCUT2D eigenvalue weighted by Crippen LogP contribution is -2.33. The van der Waals surface area contributed by atoms with Gasteiger partial charge in [0.25, 0.3) is 5.91 Å². The molecular formula is C16H18N2O3S. The number of carboxylic acid groups (broad SMARTS) is 1. The second kappa shape index (κ2) is 6.27. The number of aromatic nitrogens is 1. The number of thiazole rings is 1. The Kier molecular flexibility index (Phi) is 4.61. The van der Waals surface area contributed by atoms with E-state index in [2.05, 4.69) is 10.3 Å². The van der Waals surface area contributed by atoms with Crippen molar-refractivity contribution in [3.63, 3.8) is 0 Å². The first kappa shape index (κ1) is 16.2. The molecule has 0 spiro atoms. The number of aliphatic carboxylic acids is 1. The Morgan fingerprint density at radius 3 is 2.18 bits per heavy atom. The number of rotatable bonds is 4. The summed E-state index contributed by atoms with van der Waals surface area (Å²) >= 11 is 1.26. The van der Waals surface area contributed by atoms with Gasteiger partial charge in [0.1, 0.15) is 4.88 Å². The average Bonchev–Trinajstić information content (AvgIpc) is 2.73. The molecular weight excluding hydrogens is 300 g/mol. The van der Waals surface area contributed by atoms with Crippen LogP contribution < -0.4 is 5.32 Å². The second-order valence-corrected chi connectivity index (χ2v) is 6.52. The van der Waals surface area contributed by atoms with E-state index in [1.165, 1.54) is 11.3 Å². The van der Waals surface area contributed by atoms with Gasteiger partial charge in [-0.1, -0.05) is 29.3 Å². The fraction of sp³-hybridized carbons (Fsp3) is 0.312. The normalized spacial score (nSPS) is 12.0. The second-order valence-electron chi connectivity index (χ2n) is 5.31. The van der Waals surface area contributed by atoms with Crippen molar-refractivity contribution in [3.8, 4) is 0 Å². The van der Waals surface area contributed by atoms with Gasteiger partial charge in [0, 0.05) is 0 Å². The van der Waals surface area contributed by atoms with Crippen molar-refractivity contribution in [3.05, 3.63) is 50.5 Å². The van der Waals surface area contributed by atoms with E-state index in [1.54, 1.807) is 19.1 Å². The van der Waals surface area contributed by atoms with Crippen LogP contribution in [0, 0.1) is 27.7 Å². The summed E-state index contributed by atoms with van der Waals surface area (Å²) in [6, 6.07) is 4.43. The molecule has 2 N–H and O–H groups in total. The van der Waals surface area contributed by atoms with Gasteiger partial charge in [-0.15, -0.1) is 11.3 Å². The maximum atomic E-state index is 12.3. The van der Waals surface area contributed by atoms with Gasteiger partial charge in [-0.2, -0.15) is 0 Å². The van der Waals surface area contributed by atoms with E-state index in [1.807, 2.05) is 26.8 Å². The molecule has 0 aliphatic rings. The first-order valence-electron chi connectivity index (χ1n) is 6.84. The molecule has 0 bridgehead atoms. The van der Waals surface area contributed by atoms with E-state index < -0.39 is 17.9 Å². The summed E-state index contributed by atoms with van der Waals surface area (Å²) in [5, 5.41) is 12.8. The average molecular weight is 318 g/mol. The Balaban J connectivity index is 2.31. The highest BCUT2D eigenvalue weighted by molar-refractivity contribution is 7.13. The minimum Gasteiger partial charge on any atom is -0.479 e. The summed E-state index contributed by atoms with van der Waals surface area (Å²) in [6.45, 7) is 7.35. The molecule has 2 rings (SSSR count). The third kappa shape index (κ3) is 3.51. The Morgan fingerprint density at radius 1 is 1.14 bits per heavy atom. The Hall–Kier alpha value is -2.21. The zero-order valence-electron chi connectivity index (χ0n) is 12.9. The van der Waals surface area contributed by atoms with Crippen LogP contribution in [0.4, 0.5) is 0 Å². The quantitative estimate of drug-likeness (QED) is 0.908. The molecule has 1 aromatic carbocycles. The molecule has 0 saturated carbocycles. The number of hydrogen-bond acceptors (Lipinski definition) is 4.